The van der Waals surface area contributed by atoms with Crippen LogP contribution in [0.2, 0.25) is 0 Å². The Hall–Kier alpha value is -2.50. The molecule has 1 aromatic heterocycles. The van der Waals surface area contributed by atoms with Crippen molar-refractivity contribution in [1.29, 1.82) is 0 Å². The van der Waals surface area contributed by atoms with E-state index in [0.717, 1.165) is 0 Å². The van der Waals surface area contributed by atoms with Gasteiger partial charge < -0.3 is 10.4 Å². The van der Waals surface area contributed by atoms with Crippen molar-refractivity contribution in [3.05, 3.63) is 48.0 Å². The minimum Gasteiger partial charge on any atom is -0.477 e. The molecule has 2 rings (SSSR count). The number of carbonyl (C=O) groups is 1. The van der Waals surface area contributed by atoms with Crippen LogP contribution in [0, 0.1) is 5.82 Å². The van der Waals surface area contributed by atoms with Crippen molar-refractivity contribution in [1.82, 2.24) is 9.97 Å². The van der Waals surface area contributed by atoms with Gasteiger partial charge in [0.2, 0.25) is 5.95 Å². The summed E-state index contributed by atoms with van der Waals surface area (Å²) in [6.45, 7) is 0. The predicted molar refractivity (Wildman–Crippen MR) is 58.7 cm³/mol. The molecule has 0 unspecified atom stereocenters. The molecule has 0 atom stereocenters. The van der Waals surface area contributed by atoms with Crippen molar-refractivity contribution >= 4 is 17.6 Å². The van der Waals surface area contributed by atoms with Crippen molar-refractivity contribution in [2.24, 2.45) is 0 Å². The summed E-state index contributed by atoms with van der Waals surface area (Å²) >= 11 is 0. The van der Waals surface area contributed by atoms with E-state index < -0.39 is 11.8 Å². The Bertz CT molecular complexity index is 560. The first-order valence-electron chi connectivity index (χ1n) is 4.74. The van der Waals surface area contributed by atoms with Crippen molar-refractivity contribution in [3.8, 4) is 0 Å². The Balaban J connectivity index is 2.24. The molecule has 2 aromatic rings. The van der Waals surface area contributed by atoms with Crippen LogP contribution < -0.4 is 5.32 Å². The monoisotopic (exact) mass is 233 g/mol. The van der Waals surface area contributed by atoms with Crippen LogP contribution in [0.4, 0.5) is 16.0 Å². The van der Waals surface area contributed by atoms with Crippen molar-refractivity contribution in [2.45, 2.75) is 0 Å². The van der Waals surface area contributed by atoms with Crippen LogP contribution in [-0.4, -0.2) is 21.0 Å². The lowest BCUT2D eigenvalue weighted by molar-refractivity contribution is 0.0690. The van der Waals surface area contributed by atoms with Crippen LogP contribution in [0.3, 0.4) is 0 Å². The Morgan fingerprint density at radius 3 is 2.88 bits per heavy atom. The molecule has 1 heterocycles. The van der Waals surface area contributed by atoms with Gasteiger partial charge in [0.1, 0.15) is 5.82 Å². The molecule has 0 aliphatic heterocycles. The molecule has 5 nitrogen and oxygen atoms in total. The molecule has 17 heavy (non-hydrogen) atoms. The Labute approximate surface area is 96.0 Å². The maximum atomic E-state index is 12.9. The molecule has 0 saturated carbocycles. The highest BCUT2D eigenvalue weighted by atomic mass is 19.1. The number of nitrogens with one attached hydrogen (secondary N) is 1. The second kappa shape index (κ2) is 4.56. The van der Waals surface area contributed by atoms with Crippen LogP contribution in [-0.2, 0) is 0 Å². The predicted octanol–water partition coefficient (Wildman–Crippen LogP) is 2.06. The number of aromatic carboxylic acids is 1. The number of carboxylic acids is 1. The van der Waals surface area contributed by atoms with Gasteiger partial charge in [-0.25, -0.2) is 19.2 Å². The molecule has 0 aliphatic rings. The number of carboxylic acid groups (broad SMARTS) is 1. The molecule has 0 fully saturated rings. The molecule has 0 spiro atoms. The summed E-state index contributed by atoms with van der Waals surface area (Å²) in [5.41, 5.74) is 0.325. The van der Waals surface area contributed by atoms with Crippen LogP contribution >= 0.6 is 0 Å². The highest BCUT2D eigenvalue weighted by molar-refractivity contribution is 5.85. The first-order valence-corrected chi connectivity index (χ1v) is 4.74. The summed E-state index contributed by atoms with van der Waals surface area (Å²) in [5, 5.41) is 11.5. The maximum Gasteiger partial charge on any atom is 0.354 e. The van der Waals surface area contributed by atoms with Crippen molar-refractivity contribution in [2.75, 3.05) is 5.32 Å². The number of rotatable bonds is 3. The number of hydrogen-bond donors (Lipinski definition) is 2. The Morgan fingerprint density at radius 1 is 1.35 bits per heavy atom. The second-order valence-electron chi connectivity index (χ2n) is 3.21. The van der Waals surface area contributed by atoms with Gasteiger partial charge in [0.05, 0.1) is 0 Å². The smallest absolute Gasteiger partial charge is 0.354 e. The van der Waals surface area contributed by atoms with Crippen LogP contribution in [0.25, 0.3) is 0 Å². The lowest BCUT2D eigenvalue weighted by Gasteiger charge is -2.04. The van der Waals surface area contributed by atoms with Gasteiger partial charge in [0.15, 0.2) is 5.69 Å². The average Bonchev–Trinajstić information content (AvgIpc) is 2.29. The molecule has 6 heteroatoms. The fraction of sp³-hybridized carbons (Fsp3) is 0. The van der Waals surface area contributed by atoms with Gasteiger partial charge >= 0.3 is 5.97 Å². The average molecular weight is 233 g/mol. The topological polar surface area (TPSA) is 75.1 Å². The maximum absolute atomic E-state index is 12.9. The number of hydrogen-bond acceptors (Lipinski definition) is 4. The molecule has 0 radical (unpaired) electrons. The summed E-state index contributed by atoms with van der Waals surface area (Å²) in [7, 11) is 0. The summed E-state index contributed by atoms with van der Waals surface area (Å²) in [5.74, 6) is -1.44. The van der Waals surface area contributed by atoms with Crippen LogP contribution in [0.5, 0.6) is 0 Å². The zero-order valence-electron chi connectivity index (χ0n) is 8.59. The molecule has 0 aliphatic carbocycles. The summed E-state index contributed by atoms with van der Waals surface area (Å²) in [6, 6.07) is 6.99. The van der Waals surface area contributed by atoms with E-state index in [1.54, 1.807) is 6.07 Å². The highest BCUT2D eigenvalue weighted by Gasteiger charge is 2.06. The zero-order chi connectivity index (χ0) is 12.3. The number of aromatic nitrogens is 2. The minimum absolute atomic E-state index is 0.107. The quantitative estimate of drug-likeness (QED) is 0.848. The first kappa shape index (κ1) is 11.0. The van der Waals surface area contributed by atoms with E-state index in [1.807, 2.05) is 0 Å². The number of halogens is 1. The third-order valence-electron chi connectivity index (χ3n) is 1.96. The molecule has 86 valence electrons. The van der Waals surface area contributed by atoms with E-state index >= 15 is 0 Å². The SMILES string of the molecule is O=C(O)c1ccnc(Nc2cccc(F)c2)n1. The molecule has 2 N–H and O–H groups in total. The number of anilines is 2. The van der Waals surface area contributed by atoms with Gasteiger partial charge in [-0.1, -0.05) is 6.07 Å². The van der Waals surface area contributed by atoms with E-state index in [4.69, 9.17) is 5.11 Å². The third-order valence-corrected chi connectivity index (χ3v) is 1.96. The van der Waals surface area contributed by atoms with E-state index in [1.165, 1.54) is 30.5 Å². The highest BCUT2D eigenvalue weighted by Crippen LogP contribution is 2.13. The largest absolute Gasteiger partial charge is 0.477 e. The summed E-state index contributed by atoms with van der Waals surface area (Å²) in [6.07, 6.45) is 1.32. The standard InChI is InChI=1S/C11H8FN3O2/c12-7-2-1-3-8(6-7)14-11-13-5-4-9(15-11)10(16)17/h1-6H,(H,16,17)(H,13,14,15). The van der Waals surface area contributed by atoms with E-state index in [0.29, 0.717) is 5.69 Å². The summed E-state index contributed by atoms with van der Waals surface area (Å²) < 4.78 is 12.9. The molecule has 0 saturated heterocycles. The van der Waals surface area contributed by atoms with Crippen molar-refractivity contribution in [3.63, 3.8) is 0 Å². The Kier molecular flexibility index (Phi) is 2.95. The zero-order valence-corrected chi connectivity index (χ0v) is 8.59. The summed E-state index contributed by atoms with van der Waals surface area (Å²) in [4.78, 5) is 18.3. The Morgan fingerprint density at radius 2 is 2.18 bits per heavy atom. The first-order chi connectivity index (χ1) is 8.15. The van der Waals surface area contributed by atoms with Gasteiger partial charge in [-0.15, -0.1) is 0 Å². The second-order valence-corrected chi connectivity index (χ2v) is 3.21. The fourth-order valence-electron chi connectivity index (χ4n) is 1.23. The van der Waals surface area contributed by atoms with Crippen LogP contribution in [0.15, 0.2) is 36.5 Å². The third kappa shape index (κ3) is 2.75. The van der Waals surface area contributed by atoms with Gasteiger partial charge in [0.25, 0.3) is 0 Å². The normalized spacial score (nSPS) is 9.94. The van der Waals surface area contributed by atoms with Gasteiger partial charge in [-0.3, -0.25) is 0 Å². The van der Waals surface area contributed by atoms with Gasteiger partial charge in [-0.05, 0) is 24.3 Å². The van der Waals surface area contributed by atoms with E-state index in [9.17, 15) is 9.18 Å². The van der Waals surface area contributed by atoms with E-state index in [-0.39, 0.29) is 11.6 Å². The van der Waals surface area contributed by atoms with E-state index in [2.05, 4.69) is 15.3 Å². The van der Waals surface area contributed by atoms with Crippen LogP contribution in [0.1, 0.15) is 10.5 Å². The molecular weight excluding hydrogens is 225 g/mol. The van der Waals surface area contributed by atoms with Crippen molar-refractivity contribution < 1.29 is 14.3 Å². The van der Waals surface area contributed by atoms with Gasteiger partial charge in [-0.2, -0.15) is 0 Å². The lowest BCUT2D eigenvalue weighted by atomic mass is 10.3. The molecule has 0 amide bonds. The lowest BCUT2D eigenvalue weighted by Crippen LogP contribution is -2.04. The molecular formula is C11H8FN3O2. The van der Waals surface area contributed by atoms with Gasteiger partial charge in [0, 0.05) is 11.9 Å². The fourth-order valence-corrected chi connectivity index (χ4v) is 1.23. The minimum atomic E-state index is -1.14. The number of benzene rings is 1. The number of nitrogens with zero attached hydrogens (tertiary/aromatic N) is 2. The molecule has 0 bridgehead atoms. The molecule has 1 aromatic carbocycles.